The molecule has 2 amide bonds. The number of para-hydroxylation sites is 2. The number of rotatable bonds is 5. The molecule has 2 aliphatic rings. The number of urea groups is 1. The van der Waals surface area contributed by atoms with Crippen LogP contribution < -0.4 is 15.0 Å². The van der Waals surface area contributed by atoms with Crippen molar-refractivity contribution >= 4 is 11.7 Å². The monoisotopic (exact) mass is 349 g/mol. The van der Waals surface area contributed by atoms with Crippen molar-refractivity contribution in [2.24, 2.45) is 0 Å². The Kier molecular flexibility index (Phi) is 5.99. The van der Waals surface area contributed by atoms with E-state index in [2.05, 4.69) is 23.2 Å². The van der Waals surface area contributed by atoms with Crippen molar-refractivity contribution in [1.82, 2.24) is 10.2 Å². The van der Waals surface area contributed by atoms with Crippen LogP contribution in [-0.4, -0.2) is 76.2 Å². The second kappa shape index (κ2) is 8.40. The highest BCUT2D eigenvalue weighted by Gasteiger charge is 2.27. The first kappa shape index (κ1) is 17.8. The topological polar surface area (TPSA) is 63.3 Å². The van der Waals surface area contributed by atoms with Gasteiger partial charge in [0.05, 0.1) is 44.7 Å². The summed E-state index contributed by atoms with van der Waals surface area (Å²) < 4.78 is 16.9. The van der Waals surface area contributed by atoms with Gasteiger partial charge in [-0.2, -0.15) is 0 Å². The molecule has 7 heteroatoms. The molecule has 25 heavy (non-hydrogen) atoms. The lowest BCUT2D eigenvalue weighted by molar-refractivity contribution is -0.0855. The van der Waals surface area contributed by atoms with Gasteiger partial charge in [-0.3, -0.25) is 0 Å². The number of nitrogens with zero attached hydrogens (tertiary/aromatic N) is 2. The number of amides is 2. The summed E-state index contributed by atoms with van der Waals surface area (Å²) in [5.74, 6) is 0.877. The molecular formula is C18H27N3O4. The van der Waals surface area contributed by atoms with Crippen LogP contribution in [0.5, 0.6) is 5.75 Å². The smallest absolute Gasteiger partial charge is 0.317 e. The minimum atomic E-state index is -0.125. The highest BCUT2D eigenvalue weighted by Crippen LogP contribution is 2.32. The molecule has 2 atom stereocenters. The van der Waals surface area contributed by atoms with Gasteiger partial charge >= 0.3 is 6.03 Å². The number of hydrogen-bond donors (Lipinski definition) is 1. The van der Waals surface area contributed by atoms with E-state index in [-0.39, 0.29) is 18.2 Å². The van der Waals surface area contributed by atoms with E-state index in [4.69, 9.17) is 14.2 Å². The maximum absolute atomic E-state index is 12.3. The number of fused-ring (bicyclic) bond motifs is 1. The summed E-state index contributed by atoms with van der Waals surface area (Å²) in [6, 6.07) is 7.90. The molecule has 0 radical (unpaired) electrons. The van der Waals surface area contributed by atoms with Gasteiger partial charge in [-0.25, -0.2) is 4.79 Å². The second-order valence-electron chi connectivity index (χ2n) is 6.38. The first-order valence-corrected chi connectivity index (χ1v) is 8.86. The zero-order chi connectivity index (χ0) is 17.6. The average Bonchev–Trinajstić information content (AvgIpc) is 2.66. The number of benzene rings is 1. The SMILES string of the molecule is CCN1CC(CN(C)C(=O)NCC2COCCO2)Oc2ccccc21. The number of carbonyl (C=O) groups is 1. The van der Waals surface area contributed by atoms with Gasteiger partial charge in [0.25, 0.3) is 0 Å². The van der Waals surface area contributed by atoms with E-state index in [1.165, 1.54) is 0 Å². The third-order valence-corrected chi connectivity index (χ3v) is 4.50. The summed E-state index contributed by atoms with van der Waals surface area (Å²) in [4.78, 5) is 16.2. The van der Waals surface area contributed by atoms with Crippen LogP contribution in [0, 0.1) is 0 Å². The molecule has 0 spiro atoms. The Morgan fingerprint density at radius 2 is 2.16 bits per heavy atom. The maximum atomic E-state index is 12.3. The Balaban J connectivity index is 1.50. The third-order valence-electron chi connectivity index (χ3n) is 4.50. The molecular weight excluding hydrogens is 322 g/mol. The molecule has 1 aromatic carbocycles. The summed E-state index contributed by atoms with van der Waals surface area (Å²) in [6.07, 6.45) is -0.126. The van der Waals surface area contributed by atoms with E-state index in [0.29, 0.717) is 32.9 Å². The number of hydrogen-bond acceptors (Lipinski definition) is 5. The van der Waals surface area contributed by atoms with Crippen LogP contribution in [0.3, 0.4) is 0 Å². The highest BCUT2D eigenvalue weighted by atomic mass is 16.6. The van der Waals surface area contributed by atoms with Gasteiger partial charge in [-0.15, -0.1) is 0 Å². The molecule has 138 valence electrons. The van der Waals surface area contributed by atoms with Crippen molar-refractivity contribution < 1.29 is 19.0 Å². The summed E-state index contributed by atoms with van der Waals surface area (Å²) in [5, 5.41) is 2.90. The zero-order valence-electron chi connectivity index (χ0n) is 14.9. The van der Waals surface area contributed by atoms with Crippen LogP contribution in [0.2, 0.25) is 0 Å². The fraction of sp³-hybridized carbons (Fsp3) is 0.611. The van der Waals surface area contributed by atoms with E-state index < -0.39 is 0 Å². The number of ether oxygens (including phenoxy) is 3. The molecule has 0 aliphatic carbocycles. The van der Waals surface area contributed by atoms with Gasteiger partial charge < -0.3 is 29.3 Å². The Morgan fingerprint density at radius 3 is 2.92 bits per heavy atom. The van der Waals surface area contributed by atoms with Gasteiger partial charge in [0.2, 0.25) is 0 Å². The van der Waals surface area contributed by atoms with Crippen LogP contribution in [0.15, 0.2) is 24.3 Å². The van der Waals surface area contributed by atoms with E-state index in [1.807, 2.05) is 18.2 Å². The van der Waals surface area contributed by atoms with Gasteiger partial charge in [-0.1, -0.05) is 12.1 Å². The number of nitrogens with one attached hydrogen (secondary N) is 1. The van der Waals surface area contributed by atoms with Crippen LogP contribution in [0.4, 0.5) is 10.5 Å². The number of likely N-dealkylation sites (N-methyl/N-ethyl adjacent to an activating group) is 2. The van der Waals surface area contributed by atoms with E-state index >= 15 is 0 Å². The summed E-state index contributed by atoms with van der Waals surface area (Å²) in [7, 11) is 1.79. The van der Waals surface area contributed by atoms with Crippen LogP contribution >= 0.6 is 0 Å². The molecule has 2 heterocycles. The molecule has 1 fully saturated rings. The second-order valence-corrected chi connectivity index (χ2v) is 6.38. The maximum Gasteiger partial charge on any atom is 0.317 e. The molecule has 7 nitrogen and oxygen atoms in total. The molecule has 0 bridgehead atoms. The van der Waals surface area contributed by atoms with E-state index in [9.17, 15) is 4.79 Å². The molecule has 1 saturated heterocycles. The first-order valence-electron chi connectivity index (χ1n) is 8.86. The fourth-order valence-corrected chi connectivity index (χ4v) is 3.15. The minimum Gasteiger partial charge on any atom is -0.485 e. The average molecular weight is 349 g/mol. The third kappa shape index (κ3) is 4.55. The van der Waals surface area contributed by atoms with Crippen molar-refractivity contribution in [3.63, 3.8) is 0 Å². The zero-order valence-corrected chi connectivity index (χ0v) is 14.9. The van der Waals surface area contributed by atoms with Crippen molar-refractivity contribution in [2.75, 3.05) is 57.9 Å². The Bertz CT molecular complexity index is 577. The van der Waals surface area contributed by atoms with Gasteiger partial charge in [-0.05, 0) is 19.1 Å². The fourth-order valence-electron chi connectivity index (χ4n) is 3.15. The molecule has 2 unspecified atom stereocenters. The Labute approximate surface area is 148 Å². The lowest BCUT2D eigenvalue weighted by Crippen LogP contribution is -2.50. The number of carbonyl (C=O) groups excluding carboxylic acids is 1. The van der Waals surface area contributed by atoms with Crippen molar-refractivity contribution in [1.29, 1.82) is 0 Å². The predicted octanol–water partition coefficient (Wildman–Crippen LogP) is 1.33. The molecule has 0 aromatic heterocycles. The summed E-state index contributed by atoms with van der Waals surface area (Å²) >= 11 is 0. The largest absolute Gasteiger partial charge is 0.485 e. The van der Waals surface area contributed by atoms with E-state index in [1.54, 1.807) is 11.9 Å². The van der Waals surface area contributed by atoms with Crippen molar-refractivity contribution in [3.8, 4) is 5.75 Å². The van der Waals surface area contributed by atoms with Crippen molar-refractivity contribution in [3.05, 3.63) is 24.3 Å². The van der Waals surface area contributed by atoms with Crippen LogP contribution in [0.25, 0.3) is 0 Å². The normalized spacial score (nSPS) is 22.7. The lowest BCUT2D eigenvalue weighted by atomic mass is 10.2. The predicted molar refractivity (Wildman–Crippen MR) is 95.3 cm³/mol. The first-order chi connectivity index (χ1) is 12.2. The number of anilines is 1. The summed E-state index contributed by atoms with van der Waals surface area (Å²) in [6.45, 7) is 6.52. The summed E-state index contributed by atoms with van der Waals surface area (Å²) in [5.41, 5.74) is 1.11. The van der Waals surface area contributed by atoms with Crippen molar-refractivity contribution in [2.45, 2.75) is 19.1 Å². The lowest BCUT2D eigenvalue weighted by Gasteiger charge is -2.37. The minimum absolute atomic E-state index is 0.0557. The van der Waals surface area contributed by atoms with Crippen LogP contribution in [-0.2, 0) is 9.47 Å². The van der Waals surface area contributed by atoms with Gasteiger partial charge in [0.1, 0.15) is 11.9 Å². The molecule has 3 rings (SSSR count). The molecule has 1 N–H and O–H groups in total. The Morgan fingerprint density at radius 1 is 1.32 bits per heavy atom. The molecule has 2 aliphatic heterocycles. The molecule has 0 saturated carbocycles. The van der Waals surface area contributed by atoms with Gasteiger partial charge in [0.15, 0.2) is 0 Å². The standard InChI is InChI=1S/C18H27N3O4/c1-3-21-12-15(25-17-7-5-4-6-16(17)21)11-20(2)18(22)19-10-14-13-23-8-9-24-14/h4-7,14-15H,3,8-13H2,1-2H3,(H,19,22). The highest BCUT2D eigenvalue weighted by molar-refractivity contribution is 5.74. The van der Waals surface area contributed by atoms with Crippen LogP contribution in [0.1, 0.15) is 6.92 Å². The Hall–Kier alpha value is -1.99. The van der Waals surface area contributed by atoms with Gasteiger partial charge in [0, 0.05) is 20.1 Å². The van der Waals surface area contributed by atoms with E-state index in [0.717, 1.165) is 24.5 Å². The quantitative estimate of drug-likeness (QED) is 0.869. The molecule has 1 aromatic rings.